The van der Waals surface area contributed by atoms with Gasteiger partial charge in [-0.2, -0.15) is 0 Å². The van der Waals surface area contributed by atoms with Crippen LogP contribution in [0.15, 0.2) is 0 Å². The van der Waals surface area contributed by atoms with Gasteiger partial charge in [0.2, 0.25) is 0 Å². The van der Waals surface area contributed by atoms with E-state index >= 15 is 0 Å². The van der Waals surface area contributed by atoms with Gasteiger partial charge in [0.15, 0.2) is 0 Å². The van der Waals surface area contributed by atoms with Crippen LogP contribution in [0.5, 0.6) is 0 Å². The molecule has 0 rings (SSSR count). The van der Waals surface area contributed by atoms with E-state index in [2.05, 4.69) is 13.8 Å². The lowest BCUT2D eigenvalue weighted by molar-refractivity contribution is -0.143. The molecule has 90 valence electrons. The van der Waals surface area contributed by atoms with Crippen molar-refractivity contribution in [3.8, 4) is 0 Å². The molecular formula is C13H26O2. The highest BCUT2D eigenvalue weighted by Gasteiger charge is 2.01. The summed E-state index contributed by atoms with van der Waals surface area (Å²) in [6, 6.07) is 0. The molecule has 0 fully saturated rings. The Kier molecular flexibility index (Phi) is 11.1. The molecule has 0 unspecified atom stereocenters. The van der Waals surface area contributed by atoms with Crippen LogP contribution in [0.25, 0.3) is 0 Å². The number of carbonyl (C=O) groups excluding carboxylic acids is 1. The molecule has 0 aromatic heterocycles. The summed E-state index contributed by atoms with van der Waals surface area (Å²) in [5.41, 5.74) is 0. The predicted molar refractivity (Wildman–Crippen MR) is 63.9 cm³/mol. The summed E-state index contributed by atoms with van der Waals surface area (Å²) in [5, 5.41) is 0. The van der Waals surface area contributed by atoms with E-state index in [0.717, 1.165) is 19.3 Å². The van der Waals surface area contributed by atoms with E-state index in [4.69, 9.17) is 4.74 Å². The first-order chi connectivity index (χ1) is 7.31. The van der Waals surface area contributed by atoms with Gasteiger partial charge < -0.3 is 4.74 Å². The van der Waals surface area contributed by atoms with E-state index in [1.807, 2.05) is 0 Å². The highest BCUT2D eigenvalue weighted by Crippen LogP contribution is 2.07. The zero-order valence-electron chi connectivity index (χ0n) is 10.4. The Morgan fingerprint density at radius 2 is 1.47 bits per heavy atom. The first-order valence-electron chi connectivity index (χ1n) is 6.46. The Morgan fingerprint density at radius 1 is 0.867 bits per heavy atom. The number of carbonyl (C=O) groups is 1. The average molecular weight is 214 g/mol. The number of esters is 1. The first-order valence-corrected chi connectivity index (χ1v) is 6.46. The topological polar surface area (TPSA) is 26.3 Å². The summed E-state index contributed by atoms with van der Waals surface area (Å²) in [6.07, 6.45) is 10.0. The first kappa shape index (κ1) is 14.5. The molecule has 0 saturated heterocycles. The molecule has 0 atom stereocenters. The second-order valence-electron chi connectivity index (χ2n) is 4.09. The molecule has 0 aromatic carbocycles. The number of rotatable bonds is 10. The van der Waals surface area contributed by atoms with Gasteiger partial charge in [0.25, 0.3) is 0 Å². The molecule has 0 radical (unpaired) electrons. The van der Waals surface area contributed by atoms with Crippen molar-refractivity contribution in [1.82, 2.24) is 0 Å². The Bertz CT molecular complexity index is 143. The molecule has 2 heteroatoms. The van der Waals surface area contributed by atoms with Gasteiger partial charge in [0.1, 0.15) is 0 Å². The minimum atomic E-state index is -0.0149. The third kappa shape index (κ3) is 11.4. The zero-order chi connectivity index (χ0) is 11.4. The third-order valence-electron chi connectivity index (χ3n) is 2.50. The summed E-state index contributed by atoms with van der Waals surface area (Å²) in [5.74, 6) is -0.0149. The van der Waals surface area contributed by atoms with E-state index in [0.29, 0.717) is 13.0 Å². The lowest BCUT2D eigenvalue weighted by Crippen LogP contribution is -2.05. The normalized spacial score (nSPS) is 10.3. The fourth-order valence-corrected chi connectivity index (χ4v) is 1.45. The number of hydrogen-bond acceptors (Lipinski definition) is 2. The van der Waals surface area contributed by atoms with Crippen LogP contribution in [0, 0.1) is 0 Å². The molecule has 0 aliphatic carbocycles. The van der Waals surface area contributed by atoms with Gasteiger partial charge in [-0.25, -0.2) is 0 Å². The molecule has 0 bridgehead atoms. The second-order valence-corrected chi connectivity index (χ2v) is 4.09. The Balaban J connectivity index is 3.10. The van der Waals surface area contributed by atoms with Crippen molar-refractivity contribution in [2.75, 3.05) is 6.61 Å². The van der Waals surface area contributed by atoms with Crippen LogP contribution >= 0.6 is 0 Å². The molecule has 0 aliphatic rings. The zero-order valence-corrected chi connectivity index (χ0v) is 10.4. The minimum Gasteiger partial charge on any atom is -0.466 e. The van der Waals surface area contributed by atoms with E-state index in [1.165, 1.54) is 32.1 Å². The van der Waals surface area contributed by atoms with Crippen molar-refractivity contribution in [2.45, 2.75) is 71.6 Å². The molecule has 0 amide bonds. The molecule has 0 spiro atoms. The van der Waals surface area contributed by atoms with Crippen LogP contribution < -0.4 is 0 Å². The molecule has 0 heterocycles. The maximum Gasteiger partial charge on any atom is 0.305 e. The fraction of sp³-hybridized carbons (Fsp3) is 0.923. The Labute approximate surface area is 94.4 Å². The standard InChI is InChI=1S/C13H26O2/c1-3-5-7-8-9-10-11-13(14)15-12-6-4-2/h3-12H2,1-2H3. The quantitative estimate of drug-likeness (QED) is 0.404. The number of ether oxygens (including phenoxy) is 1. The largest absolute Gasteiger partial charge is 0.466 e. The van der Waals surface area contributed by atoms with Crippen molar-refractivity contribution >= 4 is 5.97 Å². The molecule has 2 nitrogen and oxygen atoms in total. The van der Waals surface area contributed by atoms with Crippen LogP contribution in [0.3, 0.4) is 0 Å². The van der Waals surface area contributed by atoms with Crippen molar-refractivity contribution in [3.63, 3.8) is 0 Å². The smallest absolute Gasteiger partial charge is 0.305 e. The summed E-state index contributed by atoms with van der Waals surface area (Å²) < 4.78 is 5.07. The van der Waals surface area contributed by atoms with Crippen molar-refractivity contribution < 1.29 is 9.53 Å². The van der Waals surface area contributed by atoms with Crippen molar-refractivity contribution in [2.24, 2.45) is 0 Å². The summed E-state index contributed by atoms with van der Waals surface area (Å²) in [7, 11) is 0. The van der Waals surface area contributed by atoms with Gasteiger partial charge in [-0.1, -0.05) is 52.4 Å². The van der Waals surface area contributed by atoms with Gasteiger partial charge in [-0.3, -0.25) is 4.79 Å². The van der Waals surface area contributed by atoms with E-state index in [9.17, 15) is 4.79 Å². The van der Waals surface area contributed by atoms with Crippen LogP contribution in [0.4, 0.5) is 0 Å². The van der Waals surface area contributed by atoms with Crippen LogP contribution in [0.2, 0.25) is 0 Å². The van der Waals surface area contributed by atoms with Crippen molar-refractivity contribution in [1.29, 1.82) is 0 Å². The highest BCUT2D eigenvalue weighted by molar-refractivity contribution is 5.69. The lowest BCUT2D eigenvalue weighted by atomic mass is 10.1. The molecule has 0 saturated carbocycles. The number of hydrogen-bond donors (Lipinski definition) is 0. The van der Waals surface area contributed by atoms with E-state index in [1.54, 1.807) is 0 Å². The minimum absolute atomic E-state index is 0.0149. The molecular weight excluding hydrogens is 188 g/mol. The maximum atomic E-state index is 11.2. The van der Waals surface area contributed by atoms with Crippen LogP contribution in [0.1, 0.15) is 71.6 Å². The molecule has 0 aliphatic heterocycles. The second kappa shape index (κ2) is 11.5. The summed E-state index contributed by atoms with van der Waals surface area (Å²) in [6.45, 7) is 4.91. The predicted octanol–water partition coefficient (Wildman–Crippen LogP) is 4.08. The van der Waals surface area contributed by atoms with Gasteiger partial charge in [0.05, 0.1) is 6.61 Å². The van der Waals surface area contributed by atoms with Gasteiger partial charge in [0, 0.05) is 6.42 Å². The monoisotopic (exact) mass is 214 g/mol. The average Bonchev–Trinajstić information content (AvgIpc) is 2.23. The molecule has 0 N–H and O–H groups in total. The fourth-order valence-electron chi connectivity index (χ4n) is 1.45. The van der Waals surface area contributed by atoms with E-state index in [-0.39, 0.29) is 5.97 Å². The molecule has 0 aromatic rings. The highest BCUT2D eigenvalue weighted by atomic mass is 16.5. The number of unbranched alkanes of at least 4 members (excludes halogenated alkanes) is 6. The van der Waals surface area contributed by atoms with Gasteiger partial charge >= 0.3 is 5.97 Å². The summed E-state index contributed by atoms with van der Waals surface area (Å²) in [4.78, 5) is 11.2. The van der Waals surface area contributed by atoms with Crippen molar-refractivity contribution in [3.05, 3.63) is 0 Å². The lowest BCUT2D eigenvalue weighted by Gasteiger charge is -2.03. The van der Waals surface area contributed by atoms with Crippen LogP contribution in [-0.4, -0.2) is 12.6 Å². The Morgan fingerprint density at radius 3 is 2.13 bits per heavy atom. The molecule has 15 heavy (non-hydrogen) atoms. The summed E-state index contributed by atoms with van der Waals surface area (Å²) >= 11 is 0. The van der Waals surface area contributed by atoms with E-state index < -0.39 is 0 Å². The maximum absolute atomic E-state index is 11.2. The SMILES string of the molecule is CCCCCCCCC(=O)OCCCC. The third-order valence-corrected chi connectivity index (χ3v) is 2.50. The van der Waals surface area contributed by atoms with Gasteiger partial charge in [-0.05, 0) is 12.8 Å². The Hall–Kier alpha value is -0.530. The van der Waals surface area contributed by atoms with Crippen LogP contribution in [-0.2, 0) is 9.53 Å². The van der Waals surface area contributed by atoms with Gasteiger partial charge in [-0.15, -0.1) is 0 Å².